The molecule has 0 aliphatic carbocycles. The predicted molar refractivity (Wildman–Crippen MR) is 166 cm³/mol. The number of benzene rings is 1. The number of nitrogens with two attached hydrogens (primary N) is 1. The summed E-state index contributed by atoms with van der Waals surface area (Å²) in [7, 11) is 0. The first kappa shape index (κ1) is 31.9. The van der Waals surface area contributed by atoms with Crippen molar-refractivity contribution in [3.63, 3.8) is 0 Å². The summed E-state index contributed by atoms with van der Waals surface area (Å²) in [5.74, 6) is 0.849. The van der Waals surface area contributed by atoms with Crippen LogP contribution in [-0.2, 0) is 4.74 Å². The van der Waals surface area contributed by atoms with E-state index in [2.05, 4.69) is 53.9 Å². The number of aliphatic hydroxyl groups excluding tert-OH is 1. The quantitative estimate of drug-likeness (QED) is 0.318. The van der Waals surface area contributed by atoms with Gasteiger partial charge in [0.2, 0.25) is 0 Å². The van der Waals surface area contributed by atoms with E-state index in [1.165, 1.54) is 0 Å². The molecule has 0 radical (unpaired) electrons. The van der Waals surface area contributed by atoms with Gasteiger partial charge in [-0.15, -0.1) is 0 Å². The van der Waals surface area contributed by atoms with E-state index in [1.807, 2.05) is 37.3 Å². The van der Waals surface area contributed by atoms with Gasteiger partial charge in [-0.2, -0.15) is 5.26 Å². The van der Waals surface area contributed by atoms with Crippen LogP contribution in [0.3, 0.4) is 0 Å². The Kier molecular flexibility index (Phi) is 12.9. The van der Waals surface area contributed by atoms with Crippen molar-refractivity contribution in [2.24, 2.45) is 16.6 Å². The van der Waals surface area contributed by atoms with Crippen LogP contribution >= 0.6 is 0 Å². The molecule has 0 saturated carbocycles. The van der Waals surface area contributed by atoms with Gasteiger partial charge in [0.1, 0.15) is 24.6 Å². The zero-order valence-electron chi connectivity index (χ0n) is 24.7. The van der Waals surface area contributed by atoms with Crippen LogP contribution in [0.1, 0.15) is 51.2 Å². The minimum Gasteiger partial charge on any atom is -0.489 e. The number of nitrogens with one attached hydrogen (secondary N) is 1. The first-order valence-electron chi connectivity index (χ1n) is 14.4. The maximum absolute atomic E-state index is 9.87. The summed E-state index contributed by atoms with van der Waals surface area (Å²) in [4.78, 5) is 6.74. The molecular weight excluding hydrogens is 514 g/mol. The van der Waals surface area contributed by atoms with Crippen LogP contribution < -0.4 is 15.8 Å². The molecule has 0 bridgehead atoms. The molecule has 0 amide bonds. The van der Waals surface area contributed by atoms with Crippen LogP contribution in [0, 0.1) is 17.2 Å². The van der Waals surface area contributed by atoms with E-state index in [4.69, 9.17) is 15.2 Å². The molecule has 41 heavy (non-hydrogen) atoms. The zero-order chi connectivity index (χ0) is 29.6. The van der Waals surface area contributed by atoms with E-state index in [0.29, 0.717) is 37.7 Å². The van der Waals surface area contributed by atoms with Crippen molar-refractivity contribution in [1.29, 1.82) is 5.26 Å². The van der Waals surface area contributed by atoms with Crippen molar-refractivity contribution in [3.8, 4) is 11.8 Å². The van der Waals surface area contributed by atoms with Gasteiger partial charge in [0, 0.05) is 56.7 Å². The Morgan fingerprint density at radius 2 is 2.10 bits per heavy atom. The van der Waals surface area contributed by atoms with Crippen molar-refractivity contribution < 1.29 is 14.6 Å². The number of hydrogen-bond donors (Lipinski definition) is 3. The predicted octanol–water partition coefficient (Wildman–Crippen LogP) is 4.70. The van der Waals surface area contributed by atoms with Gasteiger partial charge < -0.3 is 30.5 Å². The number of aliphatic hydroxyl groups is 1. The van der Waals surface area contributed by atoms with Crippen LogP contribution in [0.5, 0.6) is 5.75 Å². The monoisotopic (exact) mass is 559 g/mol. The number of ether oxygens (including phenoxy) is 2. The zero-order valence-corrected chi connectivity index (χ0v) is 24.7. The Labute approximate surface area is 245 Å². The third-order valence-corrected chi connectivity index (χ3v) is 7.35. The minimum atomic E-state index is 0.0587. The Hall–Kier alpha value is -3.64. The number of hydrogen-bond acceptors (Lipinski definition) is 8. The molecular formula is C33H45N5O3. The van der Waals surface area contributed by atoms with Crippen LogP contribution in [-0.4, -0.2) is 68.4 Å². The third kappa shape index (κ3) is 9.75. The lowest BCUT2D eigenvalue weighted by Gasteiger charge is -2.26. The van der Waals surface area contributed by atoms with Gasteiger partial charge in [-0.3, -0.25) is 4.99 Å². The lowest BCUT2D eigenvalue weighted by Crippen LogP contribution is -2.30. The summed E-state index contributed by atoms with van der Waals surface area (Å²) in [6, 6.07) is 8.00. The van der Waals surface area contributed by atoms with E-state index in [9.17, 15) is 10.4 Å². The highest BCUT2D eigenvalue weighted by atomic mass is 16.5. The minimum absolute atomic E-state index is 0.0587. The highest BCUT2D eigenvalue weighted by Gasteiger charge is 2.18. The molecule has 8 nitrogen and oxygen atoms in total. The Bertz CT molecular complexity index is 1230. The molecule has 1 fully saturated rings. The number of nitrogens with zero attached hydrogens (tertiary/aromatic N) is 3. The van der Waals surface area contributed by atoms with Crippen molar-refractivity contribution in [2.45, 2.75) is 46.1 Å². The normalized spacial score (nSPS) is 19.1. The van der Waals surface area contributed by atoms with Gasteiger partial charge >= 0.3 is 0 Å². The van der Waals surface area contributed by atoms with Crippen molar-refractivity contribution >= 4 is 11.8 Å². The fourth-order valence-corrected chi connectivity index (χ4v) is 4.65. The topological polar surface area (TPSA) is 116 Å². The molecule has 2 heterocycles. The molecule has 2 aliphatic heterocycles. The average molecular weight is 560 g/mol. The van der Waals surface area contributed by atoms with Crippen LogP contribution in [0.4, 0.5) is 0 Å². The van der Waals surface area contributed by atoms with Crippen molar-refractivity contribution in [3.05, 3.63) is 82.7 Å². The summed E-state index contributed by atoms with van der Waals surface area (Å²) >= 11 is 0. The molecule has 220 valence electrons. The van der Waals surface area contributed by atoms with Crippen LogP contribution in [0.2, 0.25) is 0 Å². The molecule has 1 atom stereocenters. The molecule has 1 aromatic carbocycles. The van der Waals surface area contributed by atoms with E-state index in [0.717, 1.165) is 66.0 Å². The SMILES string of the molecule is C=C1/C=C(/C(C)=C/C=C(\C)N(CCN)CCC(C)CO)NCN=CC=C1c1ccc(OC2CCOCC2)c(C#N)c1. The van der Waals surface area contributed by atoms with E-state index in [-0.39, 0.29) is 18.6 Å². The Balaban J connectivity index is 1.81. The second kappa shape index (κ2) is 16.6. The highest BCUT2D eigenvalue weighted by molar-refractivity contribution is 5.93. The first-order valence-corrected chi connectivity index (χ1v) is 14.4. The molecule has 8 heteroatoms. The van der Waals surface area contributed by atoms with Crippen LogP contribution in [0.15, 0.2) is 76.6 Å². The van der Waals surface area contributed by atoms with Gasteiger partial charge in [0.15, 0.2) is 0 Å². The van der Waals surface area contributed by atoms with E-state index < -0.39 is 0 Å². The smallest absolute Gasteiger partial charge is 0.137 e. The van der Waals surface area contributed by atoms with Crippen molar-refractivity contribution in [1.82, 2.24) is 10.2 Å². The van der Waals surface area contributed by atoms with Crippen LogP contribution in [0.25, 0.3) is 5.57 Å². The summed E-state index contributed by atoms with van der Waals surface area (Å²) < 4.78 is 11.6. The first-order chi connectivity index (χ1) is 19.9. The van der Waals surface area contributed by atoms with Gasteiger partial charge in [-0.1, -0.05) is 25.6 Å². The summed E-state index contributed by atoms with van der Waals surface area (Å²) in [5.41, 5.74) is 12.0. The fourth-order valence-electron chi connectivity index (χ4n) is 4.65. The van der Waals surface area contributed by atoms with Gasteiger partial charge in [-0.05, 0) is 78.8 Å². The number of allylic oxidation sites excluding steroid dienone is 8. The standard InChI is InChI=1S/C33H45N5O3/c1-24(22-39)10-15-38(16-13-34)27(4)6-5-25(2)32-19-26(3)31(9-14-36-23-37-32)28-7-8-33(29(20-28)21-35)41-30-11-17-40-18-12-30/h5-9,14,19-20,24,30,37,39H,3,10-13,15-18,22-23,34H2,1-2,4H3/b25-5+,27-6+,31-9?,32-19-,36-14?. The second-order valence-corrected chi connectivity index (χ2v) is 10.6. The summed E-state index contributed by atoms with van der Waals surface area (Å²) in [5, 5.41) is 22.6. The number of rotatable bonds is 12. The molecule has 4 N–H and O–H groups in total. The number of aliphatic imine (C=N–C) groups is 1. The van der Waals surface area contributed by atoms with Crippen molar-refractivity contribution in [2.75, 3.05) is 46.1 Å². The van der Waals surface area contributed by atoms with Gasteiger partial charge in [0.25, 0.3) is 0 Å². The van der Waals surface area contributed by atoms with E-state index in [1.54, 1.807) is 6.21 Å². The Morgan fingerprint density at radius 1 is 1.32 bits per heavy atom. The van der Waals surface area contributed by atoms with Gasteiger partial charge in [0.05, 0.1) is 18.8 Å². The fraction of sp³-hybridized carbons (Fsp3) is 0.455. The molecule has 2 aliphatic rings. The average Bonchev–Trinajstić information content (AvgIpc) is 3.08. The highest BCUT2D eigenvalue weighted by Crippen LogP contribution is 2.30. The maximum Gasteiger partial charge on any atom is 0.137 e. The molecule has 1 unspecified atom stereocenters. The summed E-state index contributed by atoms with van der Waals surface area (Å²) in [6.07, 6.45) is 12.5. The second-order valence-electron chi connectivity index (χ2n) is 10.6. The molecule has 3 rings (SSSR count). The molecule has 1 aromatic rings. The molecule has 1 saturated heterocycles. The van der Waals surface area contributed by atoms with E-state index >= 15 is 0 Å². The largest absolute Gasteiger partial charge is 0.489 e. The number of nitriles is 1. The lowest BCUT2D eigenvalue weighted by molar-refractivity contribution is 0.0254. The third-order valence-electron chi connectivity index (χ3n) is 7.35. The molecule has 0 spiro atoms. The lowest BCUT2D eigenvalue weighted by atomic mass is 9.95. The molecule has 0 aromatic heterocycles. The Morgan fingerprint density at radius 3 is 2.80 bits per heavy atom. The summed E-state index contributed by atoms with van der Waals surface area (Å²) in [6.45, 7) is 14.7. The maximum atomic E-state index is 9.87. The van der Waals surface area contributed by atoms with Gasteiger partial charge in [-0.25, -0.2) is 0 Å².